The van der Waals surface area contributed by atoms with Gasteiger partial charge in [-0.05, 0) is 21.1 Å². The van der Waals surface area contributed by atoms with Crippen LogP contribution in [0.25, 0.3) is 0 Å². The molecule has 0 aromatic rings. The molecule has 3 N–H and O–H groups in total. The summed E-state index contributed by atoms with van der Waals surface area (Å²) < 4.78 is 0. The van der Waals surface area contributed by atoms with Crippen molar-refractivity contribution in [2.45, 2.75) is 6.42 Å². The van der Waals surface area contributed by atoms with Crippen molar-refractivity contribution in [2.75, 3.05) is 67.0 Å². The van der Waals surface area contributed by atoms with Crippen LogP contribution >= 0.6 is 0 Å². The smallest absolute Gasteiger partial charge is 0.304 e. The van der Waals surface area contributed by atoms with Gasteiger partial charge in [0.25, 0.3) is 0 Å². The largest absolute Gasteiger partial charge is 0.481 e. The standard InChI is InChI=1S/C12H28N4O2/c1-13-5-8-16(9-6-14-2)11-10-15(3)7-4-12(17)18/h13-14H,4-11H2,1-3H3,(H,17,18). The van der Waals surface area contributed by atoms with Gasteiger partial charge in [-0.1, -0.05) is 0 Å². The van der Waals surface area contributed by atoms with E-state index >= 15 is 0 Å². The minimum Gasteiger partial charge on any atom is -0.481 e. The number of hydrogen-bond acceptors (Lipinski definition) is 5. The molecule has 0 saturated heterocycles. The Labute approximate surface area is 110 Å². The minimum atomic E-state index is -0.732. The van der Waals surface area contributed by atoms with E-state index in [-0.39, 0.29) is 6.42 Å². The summed E-state index contributed by atoms with van der Waals surface area (Å²) in [5.74, 6) is -0.732. The average Bonchev–Trinajstić information content (AvgIpc) is 2.35. The van der Waals surface area contributed by atoms with E-state index in [1.807, 2.05) is 21.1 Å². The van der Waals surface area contributed by atoms with Crippen LogP contribution in [0.1, 0.15) is 6.42 Å². The Morgan fingerprint density at radius 3 is 2.00 bits per heavy atom. The molecule has 0 saturated carbocycles. The molecule has 0 aliphatic rings. The van der Waals surface area contributed by atoms with E-state index in [0.717, 1.165) is 39.3 Å². The number of likely N-dealkylation sites (N-methyl/N-ethyl adjacent to an activating group) is 3. The maximum absolute atomic E-state index is 10.5. The molecule has 0 bridgehead atoms. The minimum absolute atomic E-state index is 0.212. The third-order valence-electron chi connectivity index (χ3n) is 2.86. The van der Waals surface area contributed by atoms with Crippen LogP contribution in [0.4, 0.5) is 0 Å². The van der Waals surface area contributed by atoms with E-state index in [0.29, 0.717) is 6.54 Å². The number of carbonyl (C=O) groups is 1. The normalized spacial score (nSPS) is 11.4. The second-order valence-electron chi connectivity index (χ2n) is 4.50. The fourth-order valence-electron chi connectivity index (χ4n) is 1.59. The van der Waals surface area contributed by atoms with Crippen molar-refractivity contribution >= 4 is 5.97 Å². The summed E-state index contributed by atoms with van der Waals surface area (Å²) in [7, 11) is 5.88. The third kappa shape index (κ3) is 10.5. The Morgan fingerprint density at radius 1 is 1.00 bits per heavy atom. The molecule has 0 atom stereocenters. The highest BCUT2D eigenvalue weighted by Gasteiger charge is 2.07. The van der Waals surface area contributed by atoms with E-state index in [1.54, 1.807) is 0 Å². The van der Waals surface area contributed by atoms with E-state index in [2.05, 4.69) is 20.4 Å². The highest BCUT2D eigenvalue weighted by Crippen LogP contribution is 1.92. The first-order chi connectivity index (χ1) is 8.60. The Kier molecular flexibility index (Phi) is 11.0. The van der Waals surface area contributed by atoms with Gasteiger partial charge in [0.15, 0.2) is 0 Å². The number of hydrogen-bond donors (Lipinski definition) is 3. The van der Waals surface area contributed by atoms with Gasteiger partial charge >= 0.3 is 5.97 Å². The van der Waals surface area contributed by atoms with Crippen LogP contribution in [0.5, 0.6) is 0 Å². The molecule has 0 amide bonds. The van der Waals surface area contributed by atoms with Gasteiger partial charge in [0.05, 0.1) is 6.42 Å². The number of carboxylic acid groups (broad SMARTS) is 1. The fourth-order valence-corrected chi connectivity index (χ4v) is 1.59. The van der Waals surface area contributed by atoms with Crippen LogP contribution in [0, 0.1) is 0 Å². The van der Waals surface area contributed by atoms with Crippen molar-refractivity contribution in [2.24, 2.45) is 0 Å². The SMILES string of the molecule is CNCCN(CCNC)CCN(C)CCC(=O)O. The molecule has 0 fully saturated rings. The Balaban J connectivity index is 3.80. The molecule has 0 aliphatic carbocycles. The fraction of sp³-hybridized carbons (Fsp3) is 0.917. The number of aliphatic carboxylic acids is 1. The Morgan fingerprint density at radius 2 is 1.56 bits per heavy atom. The van der Waals surface area contributed by atoms with Crippen LogP contribution in [0.15, 0.2) is 0 Å². The molecule has 0 unspecified atom stereocenters. The number of nitrogens with zero attached hydrogens (tertiary/aromatic N) is 2. The molecule has 6 heteroatoms. The number of carboxylic acids is 1. The molecular weight excluding hydrogens is 232 g/mol. The molecule has 0 aromatic carbocycles. The first kappa shape index (κ1) is 17.3. The number of rotatable bonds is 12. The summed E-state index contributed by atoms with van der Waals surface area (Å²) in [5.41, 5.74) is 0. The maximum atomic E-state index is 10.5. The van der Waals surface area contributed by atoms with Crippen molar-refractivity contribution in [1.29, 1.82) is 0 Å². The van der Waals surface area contributed by atoms with Gasteiger partial charge < -0.3 is 20.6 Å². The lowest BCUT2D eigenvalue weighted by atomic mass is 10.3. The lowest BCUT2D eigenvalue weighted by molar-refractivity contribution is -0.137. The van der Waals surface area contributed by atoms with Gasteiger partial charge in [0, 0.05) is 45.8 Å². The lowest BCUT2D eigenvalue weighted by Crippen LogP contribution is -2.40. The summed E-state index contributed by atoms with van der Waals surface area (Å²) in [6.07, 6.45) is 0.212. The molecule has 0 aromatic heterocycles. The van der Waals surface area contributed by atoms with E-state index < -0.39 is 5.97 Å². The molecular formula is C12H28N4O2. The van der Waals surface area contributed by atoms with Gasteiger partial charge in [-0.2, -0.15) is 0 Å². The molecule has 108 valence electrons. The number of nitrogens with one attached hydrogen (secondary N) is 2. The van der Waals surface area contributed by atoms with Gasteiger partial charge in [-0.15, -0.1) is 0 Å². The van der Waals surface area contributed by atoms with Crippen LogP contribution in [0.2, 0.25) is 0 Å². The summed E-state index contributed by atoms with van der Waals surface area (Å²) >= 11 is 0. The highest BCUT2D eigenvalue weighted by molar-refractivity contribution is 5.66. The topological polar surface area (TPSA) is 67.8 Å². The van der Waals surface area contributed by atoms with Crippen molar-refractivity contribution < 1.29 is 9.90 Å². The first-order valence-electron chi connectivity index (χ1n) is 6.52. The summed E-state index contributed by atoms with van der Waals surface area (Å²) in [6.45, 7) is 6.47. The first-order valence-corrected chi connectivity index (χ1v) is 6.52. The van der Waals surface area contributed by atoms with E-state index in [9.17, 15) is 4.79 Å². The molecule has 0 rings (SSSR count). The lowest BCUT2D eigenvalue weighted by Gasteiger charge is -2.25. The van der Waals surface area contributed by atoms with Crippen molar-refractivity contribution in [3.8, 4) is 0 Å². The van der Waals surface area contributed by atoms with Gasteiger partial charge in [0.2, 0.25) is 0 Å². The third-order valence-corrected chi connectivity index (χ3v) is 2.86. The maximum Gasteiger partial charge on any atom is 0.304 e. The van der Waals surface area contributed by atoms with Crippen LogP contribution < -0.4 is 10.6 Å². The van der Waals surface area contributed by atoms with Crippen LogP contribution in [-0.2, 0) is 4.79 Å². The molecule has 0 radical (unpaired) electrons. The van der Waals surface area contributed by atoms with E-state index in [1.165, 1.54) is 0 Å². The summed E-state index contributed by atoms with van der Waals surface area (Å²) in [4.78, 5) is 14.9. The zero-order chi connectivity index (χ0) is 13.8. The predicted molar refractivity (Wildman–Crippen MR) is 74.0 cm³/mol. The zero-order valence-corrected chi connectivity index (χ0v) is 11.9. The molecule has 0 heterocycles. The van der Waals surface area contributed by atoms with Crippen molar-refractivity contribution in [3.05, 3.63) is 0 Å². The molecule has 18 heavy (non-hydrogen) atoms. The zero-order valence-electron chi connectivity index (χ0n) is 11.9. The van der Waals surface area contributed by atoms with E-state index in [4.69, 9.17) is 5.11 Å². The summed E-state index contributed by atoms with van der Waals surface area (Å²) in [5, 5.41) is 14.9. The Bertz CT molecular complexity index is 206. The second kappa shape index (κ2) is 11.4. The van der Waals surface area contributed by atoms with Crippen molar-refractivity contribution in [3.63, 3.8) is 0 Å². The monoisotopic (exact) mass is 260 g/mol. The van der Waals surface area contributed by atoms with Crippen molar-refractivity contribution in [1.82, 2.24) is 20.4 Å². The van der Waals surface area contributed by atoms with Crippen LogP contribution in [0.3, 0.4) is 0 Å². The quantitative estimate of drug-likeness (QED) is 0.424. The van der Waals surface area contributed by atoms with Gasteiger partial charge in [-0.3, -0.25) is 9.69 Å². The molecule has 0 aliphatic heterocycles. The van der Waals surface area contributed by atoms with Gasteiger partial charge in [0.1, 0.15) is 0 Å². The molecule has 0 spiro atoms. The highest BCUT2D eigenvalue weighted by atomic mass is 16.4. The van der Waals surface area contributed by atoms with Gasteiger partial charge in [-0.25, -0.2) is 0 Å². The summed E-state index contributed by atoms with van der Waals surface area (Å²) in [6, 6.07) is 0. The average molecular weight is 260 g/mol. The molecule has 6 nitrogen and oxygen atoms in total. The second-order valence-corrected chi connectivity index (χ2v) is 4.50. The van der Waals surface area contributed by atoms with Crippen LogP contribution in [-0.4, -0.2) is 87.8 Å². The predicted octanol–water partition coefficient (Wildman–Crippen LogP) is -0.866. The Hall–Kier alpha value is -0.690.